The molecule has 18 heteroatoms. The lowest BCUT2D eigenvalue weighted by Crippen LogP contribution is -2.12. The zero-order chi connectivity index (χ0) is 38.6. The van der Waals surface area contributed by atoms with E-state index >= 15 is 0 Å². The van der Waals surface area contributed by atoms with Crippen LogP contribution in [0.3, 0.4) is 0 Å². The van der Waals surface area contributed by atoms with Crippen LogP contribution in [0.5, 0.6) is 0 Å². The number of aliphatic hydroxyl groups excluding tert-OH is 1. The minimum atomic E-state index is -0.430. The molecule has 0 saturated heterocycles. The largest absolute Gasteiger partial charge is 0.462 e. The highest BCUT2D eigenvalue weighted by atomic mass is 79.9. The molecule has 0 amide bonds. The number of aliphatic hydroxyl groups is 1. The Balaban J connectivity index is 0.000000148. The minimum absolute atomic E-state index is 0.0359. The van der Waals surface area contributed by atoms with Crippen molar-refractivity contribution in [1.29, 1.82) is 0 Å². The molecule has 6 aromatic heterocycles. The first-order chi connectivity index (χ1) is 26.1. The number of nitrogens with one attached hydrogen (secondary N) is 2. The molecule has 0 aliphatic heterocycles. The monoisotopic (exact) mass is 863 g/mol. The molecule has 6 heterocycles. The highest BCUT2D eigenvalue weighted by molar-refractivity contribution is 9.10. The van der Waals surface area contributed by atoms with Gasteiger partial charge in [0.2, 0.25) is 0 Å². The molecule has 0 bridgehead atoms. The van der Waals surface area contributed by atoms with E-state index in [0.29, 0.717) is 57.1 Å². The van der Waals surface area contributed by atoms with Crippen molar-refractivity contribution in [3.63, 3.8) is 0 Å². The summed E-state index contributed by atoms with van der Waals surface area (Å²) in [6.07, 6.45) is 21.1. The van der Waals surface area contributed by atoms with Crippen LogP contribution in [-0.4, -0.2) is 80.8 Å². The summed E-state index contributed by atoms with van der Waals surface area (Å²) in [5.41, 5.74) is 2.82. The van der Waals surface area contributed by atoms with Gasteiger partial charge in [0.15, 0.2) is 0 Å². The molecule has 0 aromatic carbocycles. The molecule has 288 valence electrons. The van der Waals surface area contributed by atoms with E-state index in [4.69, 9.17) is 49.4 Å². The fraction of sp³-hybridized carbons (Fsp3) is 0.444. The van der Waals surface area contributed by atoms with Crippen LogP contribution in [0.25, 0.3) is 33.1 Å². The van der Waals surface area contributed by atoms with Crippen molar-refractivity contribution in [2.75, 3.05) is 13.2 Å². The molecule has 54 heavy (non-hydrogen) atoms. The standard InChI is InChI=1S/C15H18ClN3O2.C9H8ClN3O2.C6H3BrClN3.C6H12O/c1-2-21-15(20)11-8-19(10-6-4-3-5-7-10)14-12(11)13(16)17-9-18-14;1-2-15-9(14)5-3-11-8-6(5)7(10)12-4-13-8;7-3-1-9-6-4(3)5(8)10-2-11-6;7-6-4-2-1-3-5-6/h8-10H,2-7H2,1H3;3-4H,2H2,1H3,(H,11,12,13);1-2H,(H,9,10,11);6-7H,1-5H2. The van der Waals surface area contributed by atoms with Crippen molar-refractivity contribution >= 4 is 95.8 Å². The zero-order valence-electron chi connectivity index (χ0n) is 29.8. The first-order valence-electron chi connectivity index (χ1n) is 17.8. The third-order valence-corrected chi connectivity index (χ3v) is 10.4. The Hall–Kier alpha value is -3.89. The van der Waals surface area contributed by atoms with Crippen LogP contribution >= 0.6 is 50.7 Å². The normalized spacial score (nSPS) is 14.7. The molecule has 2 fully saturated rings. The van der Waals surface area contributed by atoms with E-state index in [-0.39, 0.29) is 17.2 Å². The number of hydrogen-bond acceptors (Lipinski definition) is 11. The molecule has 0 spiro atoms. The number of H-pyrrole nitrogens is 2. The third-order valence-electron chi connectivity index (χ3n) is 8.90. The number of carbonyl (C=O) groups excluding carboxylic acids is 2. The second kappa shape index (κ2) is 20.1. The molecule has 2 aliphatic rings. The molecule has 6 aromatic rings. The summed E-state index contributed by atoms with van der Waals surface area (Å²) in [6, 6.07) is 0.371. The molecule has 2 saturated carbocycles. The van der Waals surface area contributed by atoms with E-state index in [0.717, 1.165) is 46.8 Å². The quantitative estimate of drug-likeness (QED) is 0.111. The predicted octanol–water partition coefficient (Wildman–Crippen LogP) is 9.24. The summed E-state index contributed by atoms with van der Waals surface area (Å²) in [4.78, 5) is 53.4. The molecule has 0 radical (unpaired) electrons. The summed E-state index contributed by atoms with van der Waals surface area (Å²) in [6.45, 7) is 4.18. The van der Waals surface area contributed by atoms with Gasteiger partial charge in [0, 0.05) is 29.1 Å². The Morgan fingerprint density at radius 1 is 0.722 bits per heavy atom. The summed E-state index contributed by atoms with van der Waals surface area (Å²) >= 11 is 21.2. The Morgan fingerprint density at radius 2 is 1.22 bits per heavy atom. The lowest BCUT2D eigenvalue weighted by Gasteiger charge is -2.23. The fourth-order valence-corrected chi connectivity index (χ4v) is 7.62. The van der Waals surface area contributed by atoms with Crippen LogP contribution in [0.15, 0.2) is 42.0 Å². The number of ether oxygens (including phenoxy) is 2. The van der Waals surface area contributed by atoms with Gasteiger partial charge in [-0.25, -0.2) is 39.5 Å². The summed E-state index contributed by atoms with van der Waals surface area (Å²) < 4.78 is 13.0. The SMILES string of the molecule is CCOC(=O)c1c[nH]c2ncnc(Cl)c12.CCOC(=O)c1cn(C2CCCCC2)c2ncnc(Cl)c12.Clc1ncnc2[nH]cc(Br)c12.OC1CCCCC1. The maximum absolute atomic E-state index is 12.2. The van der Waals surface area contributed by atoms with E-state index in [1.807, 2.05) is 6.20 Å². The van der Waals surface area contributed by atoms with Crippen LogP contribution in [-0.2, 0) is 9.47 Å². The van der Waals surface area contributed by atoms with Gasteiger partial charge >= 0.3 is 11.9 Å². The second-order valence-corrected chi connectivity index (χ2v) is 14.4. The number of halogens is 4. The van der Waals surface area contributed by atoms with Crippen molar-refractivity contribution in [3.8, 4) is 0 Å². The Morgan fingerprint density at radius 3 is 1.78 bits per heavy atom. The van der Waals surface area contributed by atoms with E-state index in [1.165, 1.54) is 63.7 Å². The molecule has 14 nitrogen and oxygen atoms in total. The maximum atomic E-state index is 12.2. The molecular formula is C36H41BrCl3N9O5. The lowest BCUT2D eigenvalue weighted by atomic mass is 9.95. The summed E-state index contributed by atoms with van der Waals surface area (Å²) in [5, 5.41) is 11.8. The van der Waals surface area contributed by atoms with Gasteiger partial charge in [-0.3, -0.25) is 0 Å². The average Bonchev–Trinajstić information content (AvgIpc) is 3.91. The van der Waals surface area contributed by atoms with Crippen LogP contribution in [0.1, 0.15) is 105 Å². The van der Waals surface area contributed by atoms with Gasteiger partial charge in [-0.15, -0.1) is 0 Å². The lowest BCUT2D eigenvalue weighted by molar-refractivity contribution is 0.0518. The minimum Gasteiger partial charge on any atom is -0.462 e. The molecule has 0 atom stereocenters. The number of carbonyl (C=O) groups is 2. The average molecular weight is 866 g/mol. The number of aromatic nitrogens is 9. The smallest absolute Gasteiger partial charge is 0.340 e. The number of nitrogens with zero attached hydrogens (tertiary/aromatic N) is 7. The Kier molecular flexibility index (Phi) is 15.4. The Labute approximate surface area is 334 Å². The molecule has 3 N–H and O–H groups in total. The van der Waals surface area contributed by atoms with Crippen LogP contribution in [0.4, 0.5) is 0 Å². The van der Waals surface area contributed by atoms with Crippen LogP contribution in [0, 0.1) is 0 Å². The van der Waals surface area contributed by atoms with E-state index in [2.05, 4.69) is 60.4 Å². The van der Waals surface area contributed by atoms with Crippen molar-refractivity contribution in [2.45, 2.75) is 90.2 Å². The van der Waals surface area contributed by atoms with Gasteiger partial charge in [0.25, 0.3) is 0 Å². The molecule has 2 aliphatic carbocycles. The fourth-order valence-electron chi connectivity index (χ4n) is 6.31. The van der Waals surface area contributed by atoms with Crippen LogP contribution in [0.2, 0.25) is 15.5 Å². The second-order valence-electron chi connectivity index (χ2n) is 12.5. The van der Waals surface area contributed by atoms with Gasteiger partial charge in [-0.1, -0.05) is 73.3 Å². The van der Waals surface area contributed by atoms with Gasteiger partial charge < -0.3 is 29.1 Å². The van der Waals surface area contributed by atoms with Gasteiger partial charge in [-0.2, -0.15) is 0 Å². The predicted molar refractivity (Wildman–Crippen MR) is 211 cm³/mol. The highest BCUT2D eigenvalue weighted by Crippen LogP contribution is 2.34. The highest BCUT2D eigenvalue weighted by Gasteiger charge is 2.25. The zero-order valence-corrected chi connectivity index (χ0v) is 33.7. The number of rotatable bonds is 5. The number of hydrogen-bond donors (Lipinski definition) is 3. The molecular weight excluding hydrogens is 825 g/mol. The maximum Gasteiger partial charge on any atom is 0.340 e. The summed E-state index contributed by atoms with van der Waals surface area (Å²) in [7, 11) is 0. The van der Waals surface area contributed by atoms with E-state index in [1.54, 1.807) is 20.0 Å². The van der Waals surface area contributed by atoms with Crippen molar-refractivity contribution in [3.05, 3.63) is 68.6 Å². The summed E-state index contributed by atoms with van der Waals surface area (Å²) in [5.74, 6) is -0.797. The van der Waals surface area contributed by atoms with Crippen molar-refractivity contribution in [1.82, 2.24) is 44.4 Å². The van der Waals surface area contributed by atoms with Gasteiger partial charge in [-0.05, 0) is 55.5 Å². The van der Waals surface area contributed by atoms with Crippen molar-refractivity contribution in [2.24, 2.45) is 0 Å². The van der Waals surface area contributed by atoms with Crippen molar-refractivity contribution < 1.29 is 24.2 Å². The number of aromatic amines is 2. The topological polar surface area (TPSA) is 187 Å². The van der Waals surface area contributed by atoms with Gasteiger partial charge in [0.1, 0.15) is 51.4 Å². The Bertz CT molecular complexity index is 2160. The molecule has 0 unspecified atom stereocenters. The first kappa shape index (κ1) is 41.3. The van der Waals surface area contributed by atoms with Crippen LogP contribution < -0.4 is 0 Å². The number of esters is 2. The van der Waals surface area contributed by atoms with E-state index in [9.17, 15) is 9.59 Å². The third kappa shape index (κ3) is 10.2. The van der Waals surface area contributed by atoms with Gasteiger partial charge in [0.05, 0.1) is 46.6 Å². The number of fused-ring (bicyclic) bond motifs is 3. The van der Waals surface area contributed by atoms with E-state index < -0.39 is 5.97 Å². The first-order valence-corrected chi connectivity index (χ1v) is 19.7. The molecule has 8 rings (SSSR count).